The number of nitrogens with zero attached hydrogens (tertiary/aromatic N) is 3. The Bertz CT molecular complexity index is 885. The molecule has 1 amide bonds. The topological polar surface area (TPSA) is 84.3 Å². The minimum Gasteiger partial charge on any atom is -0.326 e. The highest BCUT2D eigenvalue weighted by molar-refractivity contribution is 7.89. The highest BCUT2D eigenvalue weighted by Gasteiger charge is 2.31. The zero-order valence-corrected chi connectivity index (χ0v) is 14.7. The minimum absolute atomic E-state index is 0.194. The summed E-state index contributed by atoms with van der Waals surface area (Å²) >= 11 is 0. The van der Waals surface area contributed by atoms with E-state index in [1.54, 1.807) is 16.8 Å². The molecule has 2 heterocycles. The van der Waals surface area contributed by atoms with Gasteiger partial charge in [-0.2, -0.15) is 9.40 Å². The molecule has 0 fully saturated rings. The lowest BCUT2D eigenvalue weighted by atomic mass is 10.1. The van der Waals surface area contributed by atoms with Crippen LogP contribution in [0.5, 0.6) is 0 Å². The molecule has 3 rings (SSSR count). The number of aromatic nitrogens is 2. The van der Waals surface area contributed by atoms with Gasteiger partial charge in [0, 0.05) is 26.2 Å². The first kappa shape index (κ1) is 16.7. The second-order valence-corrected chi connectivity index (χ2v) is 7.87. The van der Waals surface area contributed by atoms with Crippen LogP contribution in [0.25, 0.3) is 0 Å². The van der Waals surface area contributed by atoms with Crippen LogP contribution in [0.15, 0.2) is 29.2 Å². The SMILES string of the molecule is CC(=O)Nc1ccc(S(=O)(=O)N2CCc3c(C)nn(C)c3C2)cc1. The Hall–Kier alpha value is -2.19. The van der Waals surface area contributed by atoms with Crippen LogP contribution < -0.4 is 5.32 Å². The Kier molecular flexibility index (Phi) is 4.18. The van der Waals surface area contributed by atoms with Gasteiger partial charge < -0.3 is 5.32 Å². The third kappa shape index (κ3) is 2.94. The van der Waals surface area contributed by atoms with Crippen molar-refractivity contribution >= 4 is 21.6 Å². The number of fused-ring (bicyclic) bond motifs is 1. The largest absolute Gasteiger partial charge is 0.326 e. The number of anilines is 1. The van der Waals surface area contributed by atoms with Gasteiger partial charge in [-0.25, -0.2) is 8.42 Å². The van der Waals surface area contributed by atoms with Gasteiger partial charge in [0.15, 0.2) is 0 Å². The van der Waals surface area contributed by atoms with E-state index >= 15 is 0 Å². The molecule has 128 valence electrons. The third-order valence-corrected chi connectivity index (χ3v) is 6.08. The lowest BCUT2D eigenvalue weighted by molar-refractivity contribution is -0.114. The van der Waals surface area contributed by atoms with Gasteiger partial charge in [-0.15, -0.1) is 0 Å². The van der Waals surface area contributed by atoms with Crippen LogP contribution in [0, 0.1) is 6.92 Å². The molecule has 0 spiro atoms. The van der Waals surface area contributed by atoms with Crippen molar-refractivity contribution in [1.29, 1.82) is 0 Å². The number of hydrogen-bond acceptors (Lipinski definition) is 4. The number of rotatable bonds is 3. The quantitative estimate of drug-likeness (QED) is 0.909. The maximum Gasteiger partial charge on any atom is 0.243 e. The summed E-state index contributed by atoms with van der Waals surface area (Å²) in [5.74, 6) is -0.194. The summed E-state index contributed by atoms with van der Waals surface area (Å²) in [6.45, 7) is 4.12. The molecule has 7 nitrogen and oxygen atoms in total. The Balaban J connectivity index is 1.86. The molecule has 0 radical (unpaired) electrons. The normalized spacial score (nSPS) is 15.1. The van der Waals surface area contributed by atoms with Crippen molar-refractivity contribution in [3.05, 3.63) is 41.2 Å². The highest BCUT2D eigenvalue weighted by Crippen LogP contribution is 2.27. The summed E-state index contributed by atoms with van der Waals surface area (Å²) in [5.41, 5.74) is 3.62. The van der Waals surface area contributed by atoms with Crippen molar-refractivity contribution in [3.63, 3.8) is 0 Å². The van der Waals surface area contributed by atoms with Crippen LogP contribution >= 0.6 is 0 Å². The van der Waals surface area contributed by atoms with Gasteiger partial charge in [-0.1, -0.05) is 0 Å². The maximum absolute atomic E-state index is 12.9. The standard InChI is InChI=1S/C16H20N4O3S/c1-11-15-8-9-20(10-16(15)19(3)18-11)24(22,23)14-6-4-13(5-7-14)17-12(2)21/h4-7H,8-10H2,1-3H3,(H,17,21). The zero-order chi connectivity index (χ0) is 17.5. The van der Waals surface area contributed by atoms with Crippen molar-refractivity contribution in [1.82, 2.24) is 14.1 Å². The monoisotopic (exact) mass is 348 g/mol. The van der Waals surface area contributed by atoms with Crippen LogP contribution in [0.2, 0.25) is 0 Å². The predicted octanol–water partition coefficient (Wildman–Crippen LogP) is 1.43. The fourth-order valence-corrected chi connectivity index (χ4v) is 4.43. The average molecular weight is 348 g/mol. The summed E-state index contributed by atoms with van der Waals surface area (Å²) in [5, 5.41) is 7.00. The number of hydrogen-bond donors (Lipinski definition) is 1. The zero-order valence-electron chi connectivity index (χ0n) is 13.9. The molecular formula is C16H20N4O3S. The van der Waals surface area contributed by atoms with E-state index in [1.165, 1.54) is 23.4 Å². The van der Waals surface area contributed by atoms with E-state index in [0.29, 0.717) is 25.2 Å². The lowest BCUT2D eigenvalue weighted by Crippen LogP contribution is -2.36. The second-order valence-electron chi connectivity index (χ2n) is 5.93. The Morgan fingerprint density at radius 2 is 1.92 bits per heavy atom. The van der Waals surface area contributed by atoms with Crippen molar-refractivity contribution in [3.8, 4) is 0 Å². The number of benzene rings is 1. The molecule has 0 saturated heterocycles. The first-order valence-corrected chi connectivity index (χ1v) is 9.12. The molecule has 0 aliphatic carbocycles. The summed E-state index contributed by atoms with van der Waals surface area (Å²) < 4.78 is 28.9. The van der Waals surface area contributed by atoms with Crippen molar-refractivity contribution in [2.24, 2.45) is 7.05 Å². The van der Waals surface area contributed by atoms with Crippen LogP contribution in [0.3, 0.4) is 0 Å². The number of aryl methyl sites for hydroxylation is 2. The molecule has 24 heavy (non-hydrogen) atoms. The second kappa shape index (κ2) is 6.03. The minimum atomic E-state index is -3.58. The molecular weight excluding hydrogens is 328 g/mol. The van der Waals surface area contributed by atoms with Crippen molar-refractivity contribution in [2.45, 2.75) is 31.7 Å². The molecule has 1 aromatic heterocycles. The molecule has 1 N–H and O–H groups in total. The van der Waals surface area contributed by atoms with E-state index in [2.05, 4.69) is 10.4 Å². The smallest absolute Gasteiger partial charge is 0.243 e. The summed E-state index contributed by atoms with van der Waals surface area (Å²) in [4.78, 5) is 11.3. The molecule has 0 unspecified atom stereocenters. The van der Waals surface area contributed by atoms with Crippen LogP contribution in [0.1, 0.15) is 23.9 Å². The van der Waals surface area contributed by atoms with E-state index in [0.717, 1.165) is 17.0 Å². The van der Waals surface area contributed by atoms with E-state index in [-0.39, 0.29) is 10.8 Å². The van der Waals surface area contributed by atoms with Gasteiger partial charge in [-0.3, -0.25) is 9.48 Å². The number of carbonyl (C=O) groups is 1. The molecule has 1 aliphatic heterocycles. The molecule has 0 bridgehead atoms. The maximum atomic E-state index is 12.9. The summed E-state index contributed by atoms with van der Waals surface area (Å²) in [7, 11) is -1.74. The lowest BCUT2D eigenvalue weighted by Gasteiger charge is -2.27. The highest BCUT2D eigenvalue weighted by atomic mass is 32.2. The van der Waals surface area contributed by atoms with Gasteiger partial charge in [0.25, 0.3) is 0 Å². The van der Waals surface area contributed by atoms with Gasteiger partial charge in [0.2, 0.25) is 15.9 Å². The van der Waals surface area contributed by atoms with Crippen LogP contribution in [-0.2, 0) is 34.8 Å². The average Bonchev–Trinajstić information content (AvgIpc) is 2.81. The van der Waals surface area contributed by atoms with Crippen molar-refractivity contribution < 1.29 is 13.2 Å². The van der Waals surface area contributed by atoms with E-state index in [1.807, 2.05) is 14.0 Å². The molecule has 8 heteroatoms. The van der Waals surface area contributed by atoms with Gasteiger partial charge in [0.1, 0.15) is 0 Å². The van der Waals surface area contributed by atoms with Crippen LogP contribution in [0.4, 0.5) is 5.69 Å². The fraction of sp³-hybridized carbons (Fsp3) is 0.375. The Morgan fingerprint density at radius 1 is 1.25 bits per heavy atom. The first-order valence-electron chi connectivity index (χ1n) is 7.68. The number of sulfonamides is 1. The molecule has 0 saturated carbocycles. The number of nitrogens with one attached hydrogen (secondary N) is 1. The molecule has 2 aromatic rings. The predicted molar refractivity (Wildman–Crippen MR) is 90.0 cm³/mol. The van der Waals surface area contributed by atoms with Gasteiger partial charge >= 0.3 is 0 Å². The third-order valence-electron chi connectivity index (χ3n) is 4.23. The number of amides is 1. The number of carbonyl (C=O) groups excluding carboxylic acids is 1. The molecule has 1 aromatic carbocycles. The van der Waals surface area contributed by atoms with E-state index < -0.39 is 10.0 Å². The van der Waals surface area contributed by atoms with Crippen LogP contribution in [-0.4, -0.2) is 35.0 Å². The molecule has 1 aliphatic rings. The fourth-order valence-electron chi connectivity index (χ4n) is 3.02. The van der Waals surface area contributed by atoms with E-state index in [4.69, 9.17) is 0 Å². The van der Waals surface area contributed by atoms with Gasteiger partial charge in [0.05, 0.1) is 22.8 Å². The molecule has 0 atom stereocenters. The summed E-state index contributed by atoms with van der Waals surface area (Å²) in [6.07, 6.45) is 0.665. The summed E-state index contributed by atoms with van der Waals surface area (Å²) in [6, 6.07) is 6.23. The Labute approximate surface area is 141 Å². The van der Waals surface area contributed by atoms with E-state index in [9.17, 15) is 13.2 Å². The Morgan fingerprint density at radius 3 is 2.54 bits per heavy atom. The van der Waals surface area contributed by atoms with Gasteiger partial charge in [-0.05, 0) is 43.2 Å². The first-order chi connectivity index (χ1) is 11.3. The van der Waals surface area contributed by atoms with Crippen molar-refractivity contribution in [2.75, 3.05) is 11.9 Å².